The minimum atomic E-state index is -0.424. The molecule has 0 aromatic rings. The Labute approximate surface area is 59.3 Å². The molecule has 0 aromatic heterocycles. The van der Waals surface area contributed by atoms with Crippen molar-refractivity contribution < 1.29 is 14.3 Å². The van der Waals surface area contributed by atoms with E-state index in [0.29, 0.717) is 6.61 Å². The number of amides is 1. The molecule has 4 nitrogen and oxygen atoms in total. The van der Waals surface area contributed by atoms with Crippen LogP contribution in [0.2, 0.25) is 0 Å². The summed E-state index contributed by atoms with van der Waals surface area (Å²) in [6.07, 6.45) is 0.945. The maximum Gasteiger partial charge on any atom is 0.243 e. The fraction of sp³-hybridized carbons (Fsp3) is 0.833. The zero-order valence-electron chi connectivity index (χ0n) is 5.71. The summed E-state index contributed by atoms with van der Waals surface area (Å²) in [6, 6.07) is 0. The molecule has 0 aliphatic carbocycles. The first kappa shape index (κ1) is 7.50. The third-order valence-electron chi connectivity index (χ3n) is 1.35. The van der Waals surface area contributed by atoms with Crippen LogP contribution in [-0.2, 0) is 14.3 Å². The highest BCUT2D eigenvalue weighted by molar-refractivity contribution is 5.74. The Balaban J connectivity index is 2.07. The molecule has 1 saturated heterocycles. The second-order valence-corrected chi connectivity index (χ2v) is 2.26. The highest BCUT2D eigenvalue weighted by Gasteiger charge is 2.16. The van der Waals surface area contributed by atoms with E-state index < -0.39 is 5.91 Å². The number of rotatable bonds is 3. The summed E-state index contributed by atoms with van der Waals surface area (Å²) in [5.74, 6) is -0.424. The van der Waals surface area contributed by atoms with Gasteiger partial charge in [0.05, 0.1) is 12.7 Å². The summed E-state index contributed by atoms with van der Waals surface area (Å²) in [5, 5.41) is 0. The molecule has 1 atom stereocenters. The molecule has 1 aliphatic rings. The smallest absolute Gasteiger partial charge is 0.243 e. The van der Waals surface area contributed by atoms with E-state index in [1.807, 2.05) is 0 Å². The number of hydrogen-bond acceptors (Lipinski definition) is 3. The van der Waals surface area contributed by atoms with Gasteiger partial charge in [-0.1, -0.05) is 0 Å². The quantitative estimate of drug-likeness (QED) is 0.570. The molecule has 2 N–H and O–H groups in total. The molecule has 1 fully saturated rings. The Morgan fingerprint density at radius 1 is 1.80 bits per heavy atom. The van der Waals surface area contributed by atoms with Gasteiger partial charge in [-0.15, -0.1) is 0 Å². The van der Waals surface area contributed by atoms with E-state index in [0.717, 1.165) is 13.0 Å². The molecule has 1 aliphatic heterocycles. The van der Waals surface area contributed by atoms with Crippen molar-refractivity contribution in [3.63, 3.8) is 0 Å². The van der Waals surface area contributed by atoms with Crippen molar-refractivity contribution in [1.82, 2.24) is 0 Å². The maximum atomic E-state index is 10.2. The Morgan fingerprint density at radius 3 is 3.10 bits per heavy atom. The van der Waals surface area contributed by atoms with Gasteiger partial charge in [0.15, 0.2) is 0 Å². The van der Waals surface area contributed by atoms with Gasteiger partial charge in [-0.3, -0.25) is 4.79 Å². The second kappa shape index (κ2) is 3.53. The van der Waals surface area contributed by atoms with Crippen LogP contribution >= 0.6 is 0 Å². The fourth-order valence-corrected chi connectivity index (χ4v) is 0.844. The first-order chi connectivity index (χ1) is 4.79. The molecule has 0 saturated carbocycles. The minimum absolute atomic E-state index is 0.00796. The summed E-state index contributed by atoms with van der Waals surface area (Å²) in [4.78, 5) is 10.2. The lowest BCUT2D eigenvalue weighted by Gasteiger charge is -2.05. The van der Waals surface area contributed by atoms with Crippen LogP contribution in [0.5, 0.6) is 0 Å². The van der Waals surface area contributed by atoms with Crippen LogP contribution in [0.4, 0.5) is 0 Å². The summed E-state index contributed by atoms with van der Waals surface area (Å²) in [6.45, 7) is 1.32. The Kier molecular flexibility index (Phi) is 2.65. The van der Waals surface area contributed by atoms with Crippen molar-refractivity contribution in [3.8, 4) is 0 Å². The molecule has 0 bridgehead atoms. The van der Waals surface area contributed by atoms with Gasteiger partial charge in [-0.05, 0) is 6.42 Å². The normalized spacial score (nSPS) is 25.0. The van der Waals surface area contributed by atoms with Gasteiger partial charge >= 0.3 is 0 Å². The van der Waals surface area contributed by atoms with E-state index in [1.54, 1.807) is 0 Å². The van der Waals surface area contributed by atoms with E-state index >= 15 is 0 Å². The fourth-order valence-electron chi connectivity index (χ4n) is 0.844. The van der Waals surface area contributed by atoms with Crippen molar-refractivity contribution in [2.24, 2.45) is 5.73 Å². The molecular formula is C6H11NO3. The highest BCUT2D eigenvalue weighted by atomic mass is 16.5. The number of nitrogens with two attached hydrogens (primary N) is 1. The van der Waals surface area contributed by atoms with Gasteiger partial charge in [-0.2, -0.15) is 0 Å². The predicted molar refractivity (Wildman–Crippen MR) is 34.4 cm³/mol. The monoisotopic (exact) mass is 145 g/mol. The summed E-state index contributed by atoms with van der Waals surface area (Å²) >= 11 is 0. The van der Waals surface area contributed by atoms with Crippen LogP contribution in [0, 0.1) is 0 Å². The Hall–Kier alpha value is -0.610. The van der Waals surface area contributed by atoms with Gasteiger partial charge < -0.3 is 15.2 Å². The first-order valence-corrected chi connectivity index (χ1v) is 3.26. The average Bonchev–Trinajstić information content (AvgIpc) is 2.34. The minimum Gasteiger partial charge on any atom is -0.379 e. The SMILES string of the molecule is NC(=O)COC1CCOC1. The van der Waals surface area contributed by atoms with Crippen LogP contribution in [0.25, 0.3) is 0 Å². The van der Waals surface area contributed by atoms with Crippen molar-refractivity contribution in [3.05, 3.63) is 0 Å². The van der Waals surface area contributed by atoms with Crippen LogP contribution < -0.4 is 5.73 Å². The van der Waals surface area contributed by atoms with Crippen LogP contribution in [0.3, 0.4) is 0 Å². The maximum absolute atomic E-state index is 10.2. The Bertz CT molecular complexity index is 120. The molecule has 4 heteroatoms. The lowest BCUT2D eigenvalue weighted by molar-refractivity contribution is -0.124. The van der Waals surface area contributed by atoms with Gasteiger partial charge in [0.2, 0.25) is 5.91 Å². The van der Waals surface area contributed by atoms with Crippen LogP contribution in [0.1, 0.15) is 6.42 Å². The van der Waals surface area contributed by atoms with Gasteiger partial charge in [0.1, 0.15) is 6.61 Å². The lowest BCUT2D eigenvalue weighted by atomic mass is 10.3. The Morgan fingerprint density at radius 2 is 2.60 bits per heavy atom. The van der Waals surface area contributed by atoms with Crippen molar-refractivity contribution in [2.75, 3.05) is 19.8 Å². The summed E-state index contributed by atoms with van der Waals surface area (Å²) < 4.78 is 10.1. The predicted octanol–water partition coefficient (Wildman–Crippen LogP) is -0.723. The number of hydrogen-bond donors (Lipinski definition) is 1. The van der Waals surface area contributed by atoms with Gasteiger partial charge in [0, 0.05) is 6.61 Å². The van der Waals surface area contributed by atoms with Crippen LogP contribution in [0.15, 0.2) is 0 Å². The standard InChI is InChI=1S/C6H11NO3/c7-6(8)4-10-5-1-2-9-3-5/h5H,1-4H2,(H2,7,8). The molecule has 1 unspecified atom stereocenters. The average molecular weight is 145 g/mol. The number of carbonyl (C=O) groups is 1. The second-order valence-electron chi connectivity index (χ2n) is 2.26. The van der Waals surface area contributed by atoms with Crippen molar-refractivity contribution in [2.45, 2.75) is 12.5 Å². The van der Waals surface area contributed by atoms with E-state index in [-0.39, 0.29) is 12.7 Å². The molecule has 58 valence electrons. The number of ether oxygens (including phenoxy) is 2. The molecule has 0 radical (unpaired) electrons. The largest absolute Gasteiger partial charge is 0.379 e. The molecule has 1 heterocycles. The topological polar surface area (TPSA) is 61.6 Å². The van der Waals surface area contributed by atoms with E-state index in [9.17, 15) is 4.79 Å². The third kappa shape index (κ3) is 2.33. The van der Waals surface area contributed by atoms with E-state index in [1.165, 1.54) is 0 Å². The highest BCUT2D eigenvalue weighted by Crippen LogP contribution is 2.06. The van der Waals surface area contributed by atoms with Gasteiger partial charge in [0.25, 0.3) is 0 Å². The van der Waals surface area contributed by atoms with Crippen LogP contribution in [-0.4, -0.2) is 31.8 Å². The van der Waals surface area contributed by atoms with Gasteiger partial charge in [-0.25, -0.2) is 0 Å². The summed E-state index contributed by atoms with van der Waals surface area (Å²) in [5.41, 5.74) is 4.87. The molecule has 0 aromatic carbocycles. The van der Waals surface area contributed by atoms with E-state index in [2.05, 4.69) is 0 Å². The van der Waals surface area contributed by atoms with Crippen molar-refractivity contribution >= 4 is 5.91 Å². The summed E-state index contributed by atoms with van der Waals surface area (Å²) in [7, 11) is 0. The lowest BCUT2D eigenvalue weighted by Crippen LogP contribution is -2.23. The zero-order chi connectivity index (χ0) is 7.40. The van der Waals surface area contributed by atoms with Crippen molar-refractivity contribution in [1.29, 1.82) is 0 Å². The zero-order valence-corrected chi connectivity index (χ0v) is 5.71. The molecule has 0 spiro atoms. The molecular weight excluding hydrogens is 134 g/mol. The molecule has 10 heavy (non-hydrogen) atoms. The molecule has 1 rings (SSSR count). The number of carbonyl (C=O) groups excluding carboxylic acids is 1. The third-order valence-corrected chi connectivity index (χ3v) is 1.35. The first-order valence-electron chi connectivity index (χ1n) is 3.26. The van der Waals surface area contributed by atoms with E-state index in [4.69, 9.17) is 15.2 Å². The molecule has 1 amide bonds. The number of primary amides is 1.